The number of aromatic nitrogens is 4. The van der Waals surface area contributed by atoms with E-state index in [2.05, 4.69) is 158 Å². The van der Waals surface area contributed by atoms with Crippen molar-refractivity contribution in [2.45, 2.75) is 183 Å². The Balaban J connectivity index is 0.000000532. The van der Waals surface area contributed by atoms with Gasteiger partial charge in [-0.25, -0.2) is 19.6 Å². The Morgan fingerprint density at radius 3 is 1.21 bits per heavy atom. The summed E-state index contributed by atoms with van der Waals surface area (Å²) in [7, 11) is 2.62. The minimum absolute atomic E-state index is 0. The van der Waals surface area contributed by atoms with Crippen molar-refractivity contribution >= 4 is 179 Å². The average molecular weight is 1660 g/mol. The molecule has 6 aliphatic rings. The lowest BCUT2D eigenvalue weighted by Gasteiger charge is -2.30. The summed E-state index contributed by atoms with van der Waals surface area (Å²) in [5, 5.41) is 5.45. The number of aliphatic imine (C=N–C) groups is 2. The molecule has 0 spiro atoms. The Bertz CT molecular complexity index is 4150. The Labute approximate surface area is 707 Å². The van der Waals surface area contributed by atoms with E-state index >= 15 is 0 Å². The number of carbonyl (C=O) groups is 6. The molecule has 4 aromatic carbocycles. The van der Waals surface area contributed by atoms with E-state index in [1.165, 1.54) is 36.5 Å². The predicted molar refractivity (Wildman–Crippen MR) is 484 cm³/mol. The Hall–Kier alpha value is -6.66. The first kappa shape index (κ1) is 97.5. The van der Waals surface area contributed by atoms with Crippen molar-refractivity contribution < 1.29 is 38.2 Å². The molecule has 4 N–H and O–H groups in total. The number of likely N-dealkylation sites (tertiary alicyclic amines) is 4. The molecule has 8 heterocycles. The van der Waals surface area contributed by atoms with Gasteiger partial charge in [-0.05, 0) is 145 Å². The summed E-state index contributed by atoms with van der Waals surface area (Å²) in [4.78, 5) is 111. The zero-order valence-electron chi connectivity index (χ0n) is 65.6. The fraction of sp³-hybridized carbons (Fsp3) is 0.488. The molecule has 0 unspecified atom stereocenters. The molecule has 110 heavy (non-hydrogen) atoms. The van der Waals surface area contributed by atoms with Crippen molar-refractivity contribution in [2.75, 3.05) is 40.4 Å². The van der Waals surface area contributed by atoms with Crippen molar-refractivity contribution in [3.05, 3.63) is 155 Å². The Morgan fingerprint density at radius 2 is 0.800 bits per heavy atom. The second kappa shape index (κ2) is 44.7. The molecule has 0 radical (unpaired) electrons. The first-order valence-electron chi connectivity index (χ1n) is 37.0. The zero-order chi connectivity index (χ0) is 72.5. The van der Waals surface area contributed by atoms with Crippen molar-refractivity contribution in [1.29, 1.82) is 0 Å². The SMILES string of the molecule is COC(=O)N[C@H](C(=O)N1CCC[C@H]1C1=Nc2cc(C=CCc3ccc(-c4cnc([C@@H]5CCCN5C(=O)[C@@H](C)C(C)C)[nH]4)cc3)ccc2C1)C(C)C.COC(=O)N[C@H](C(=O)N1CCC[C@H]1C1=Nc2cc(CC=Cc3ccc(-c4cnc([C@@H]5CCCN5C(=O)[C@@H](C)C(C)C)[nH]4)cc3)ccc2C1)C(C)C.S.S.S.S.S.S.S.S. The largest absolute Gasteiger partial charge is 0.453 e. The standard InChI is InChI=1S/2C41H52N6O4.8H2S/c2*1-25(2)27(5)39(48)47-21-9-13-36(47)38-42-24-34(44-38)30-17-14-28(15-18-30)10-7-11-29-16-19-31-23-33(43-32(31)22-29)35-12-8-20-46(35)40(49)37(26(3)4)45-41(50)51-6;;;;;;;;/h7,11,14-19,22,24-27,35-37H,8-10,12-13,20-21,23H2,1-6H3,(H,42,44)(H,45,50);7,10,14-19,22,24-27,35-37H,8-9,11-13,20-21,23H2,1-6H3,(H,42,44)(H,45,50);8*1H2/t2*27-,35-,36-,37-;;;;;;;;/m00......../s1. The van der Waals surface area contributed by atoms with E-state index in [1.54, 1.807) is 0 Å². The van der Waals surface area contributed by atoms with E-state index in [1.807, 2.05) is 73.5 Å². The van der Waals surface area contributed by atoms with Crippen LogP contribution >= 0.6 is 108 Å². The summed E-state index contributed by atoms with van der Waals surface area (Å²) in [5.41, 5.74) is 15.0. The molecule has 28 heteroatoms. The maximum absolute atomic E-state index is 13.6. The minimum Gasteiger partial charge on any atom is -0.453 e. The van der Waals surface area contributed by atoms with Crippen LogP contribution in [0.2, 0.25) is 0 Å². The molecule has 20 nitrogen and oxygen atoms in total. The first-order valence-corrected chi connectivity index (χ1v) is 37.0. The lowest BCUT2D eigenvalue weighted by atomic mass is 9.96. The van der Waals surface area contributed by atoms with Gasteiger partial charge in [-0.2, -0.15) is 108 Å². The summed E-state index contributed by atoms with van der Waals surface area (Å²) in [6, 6.07) is 28.4. The van der Waals surface area contributed by atoms with Gasteiger partial charge in [-0.15, -0.1) is 0 Å². The second-order valence-electron chi connectivity index (χ2n) is 29.8. The highest BCUT2D eigenvalue weighted by molar-refractivity contribution is 7.60. The van der Waals surface area contributed by atoms with Crippen molar-refractivity contribution in [3.8, 4) is 22.5 Å². The first-order chi connectivity index (χ1) is 49.1. The maximum atomic E-state index is 13.6. The van der Waals surface area contributed by atoms with Crippen molar-refractivity contribution in [3.63, 3.8) is 0 Å². The average Bonchev–Trinajstić information content (AvgIpc) is 1.63. The summed E-state index contributed by atoms with van der Waals surface area (Å²) in [6.07, 6.45) is 21.6. The van der Waals surface area contributed by atoms with E-state index < -0.39 is 24.3 Å². The number of alkyl carbamates (subject to hydrolysis) is 2. The molecule has 4 fully saturated rings. The van der Waals surface area contributed by atoms with Gasteiger partial charge >= 0.3 is 12.2 Å². The van der Waals surface area contributed by atoms with Gasteiger partial charge in [-0.3, -0.25) is 29.2 Å². The van der Waals surface area contributed by atoms with E-state index in [9.17, 15) is 28.8 Å². The Kier molecular flexibility index (Phi) is 39.6. The van der Waals surface area contributed by atoms with Crippen LogP contribution in [0.3, 0.4) is 0 Å². The number of H-pyrrole nitrogens is 2. The zero-order valence-corrected chi connectivity index (χ0v) is 73.6. The molecule has 604 valence electrons. The smallest absolute Gasteiger partial charge is 0.407 e. The molecule has 0 bridgehead atoms. The van der Waals surface area contributed by atoms with Gasteiger partial charge < -0.3 is 49.7 Å². The summed E-state index contributed by atoms with van der Waals surface area (Å²) < 4.78 is 9.54. The number of aromatic amines is 2. The normalized spacial score (nSPS) is 18.4. The van der Waals surface area contributed by atoms with Gasteiger partial charge in [0.25, 0.3) is 0 Å². The van der Waals surface area contributed by atoms with Crippen LogP contribution in [0, 0.1) is 35.5 Å². The fourth-order valence-corrected chi connectivity index (χ4v) is 14.9. The number of methoxy groups -OCH3 is 2. The van der Waals surface area contributed by atoms with Crippen molar-refractivity contribution in [1.82, 2.24) is 50.2 Å². The number of imidazole rings is 2. The number of allylic oxidation sites excluding steroid dienone is 2. The summed E-state index contributed by atoms with van der Waals surface area (Å²) >= 11 is 0. The Morgan fingerprint density at radius 1 is 0.445 bits per heavy atom. The summed E-state index contributed by atoms with van der Waals surface area (Å²) in [6.45, 7) is 23.1. The topological polar surface area (TPSA) is 240 Å². The van der Waals surface area contributed by atoms with Crippen LogP contribution in [-0.2, 0) is 54.3 Å². The molecule has 0 aliphatic carbocycles. The van der Waals surface area contributed by atoms with Gasteiger partial charge in [-0.1, -0.05) is 166 Å². The van der Waals surface area contributed by atoms with Crippen LogP contribution < -0.4 is 10.6 Å². The quantitative estimate of drug-likeness (QED) is 0.0501. The number of nitrogens with zero attached hydrogens (tertiary/aromatic N) is 8. The molecule has 6 amide bonds. The monoisotopic (exact) mass is 1660 g/mol. The fourth-order valence-electron chi connectivity index (χ4n) is 14.9. The van der Waals surface area contributed by atoms with Gasteiger partial charge in [0.15, 0.2) is 0 Å². The van der Waals surface area contributed by atoms with Gasteiger partial charge in [0, 0.05) is 62.3 Å². The van der Waals surface area contributed by atoms with Crippen LogP contribution in [0.5, 0.6) is 0 Å². The number of hydrogen-bond donors (Lipinski definition) is 4. The van der Waals surface area contributed by atoms with Crippen LogP contribution in [0.15, 0.2) is 119 Å². The maximum Gasteiger partial charge on any atom is 0.407 e. The highest BCUT2D eigenvalue weighted by atomic mass is 32.1. The number of hydrogen-bond acceptors (Lipinski definition) is 12. The lowest BCUT2D eigenvalue weighted by Crippen LogP contribution is -2.53. The van der Waals surface area contributed by atoms with Gasteiger partial charge in [0.1, 0.15) is 23.7 Å². The van der Waals surface area contributed by atoms with Crippen molar-refractivity contribution in [2.24, 2.45) is 45.5 Å². The lowest BCUT2D eigenvalue weighted by molar-refractivity contribution is -0.138. The number of carbonyl (C=O) groups excluding carboxylic acids is 6. The predicted octanol–water partition coefficient (Wildman–Crippen LogP) is 15.5. The van der Waals surface area contributed by atoms with Gasteiger partial charge in [0.05, 0.1) is 73.5 Å². The molecule has 4 saturated heterocycles. The third-order valence-corrected chi connectivity index (χ3v) is 21.6. The number of amides is 6. The minimum atomic E-state index is -0.641. The molecule has 8 atom stereocenters. The third kappa shape index (κ3) is 23.3. The van der Waals surface area contributed by atoms with Crippen LogP contribution in [0.25, 0.3) is 34.7 Å². The molecule has 6 aliphatic heterocycles. The number of ether oxygens (including phenoxy) is 2. The number of nitrogens with one attached hydrogen (secondary N) is 4. The molecular weight excluding hydrogens is 1540 g/mol. The van der Waals surface area contributed by atoms with E-state index in [0.29, 0.717) is 24.9 Å². The van der Waals surface area contributed by atoms with E-state index in [4.69, 9.17) is 29.4 Å². The van der Waals surface area contributed by atoms with E-state index in [-0.39, 0.29) is 179 Å². The molecule has 12 rings (SSSR count). The second-order valence-corrected chi connectivity index (χ2v) is 29.8. The van der Waals surface area contributed by atoms with Crippen LogP contribution in [0.4, 0.5) is 21.0 Å². The molecule has 0 saturated carbocycles. The number of rotatable bonds is 22. The molecule has 2 aromatic heterocycles. The van der Waals surface area contributed by atoms with Crippen LogP contribution in [0.1, 0.15) is 178 Å². The molecular formula is C82H120N12O8S8. The third-order valence-electron chi connectivity index (χ3n) is 21.6. The highest BCUT2D eigenvalue weighted by Gasteiger charge is 2.42. The van der Waals surface area contributed by atoms with E-state index in [0.717, 1.165) is 158 Å². The molecule has 6 aromatic rings. The number of benzene rings is 4. The summed E-state index contributed by atoms with van der Waals surface area (Å²) in [5.74, 6) is 2.50. The van der Waals surface area contributed by atoms with Gasteiger partial charge in [0.2, 0.25) is 23.6 Å². The highest BCUT2D eigenvalue weighted by Crippen LogP contribution is 2.39. The number of fused-ring (bicyclic) bond motifs is 2. The van der Waals surface area contributed by atoms with Crippen LogP contribution in [-0.4, -0.2) is 151 Å².